The largest absolute Gasteiger partial charge is 0.381 e. The van der Waals surface area contributed by atoms with E-state index in [9.17, 15) is 4.79 Å². The molecule has 0 radical (unpaired) electrons. The number of carbonyl (C=O) groups is 1. The molecule has 0 atom stereocenters. The molecule has 2 N–H and O–H groups in total. The first kappa shape index (κ1) is 18.4. The lowest BCUT2D eigenvalue weighted by Gasteiger charge is -2.25. The van der Waals surface area contributed by atoms with Gasteiger partial charge in [0.25, 0.3) is 5.91 Å². The average molecular weight is 379 g/mol. The zero-order valence-corrected chi connectivity index (χ0v) is 16.0. The Labute approximate surface area is 164 Å². The number of aromatic nitrogens is 3. The predicted molar refractivity (Wildman–Crippen MR) is 108 cm³/mol. The van der Waals surface area contributed by atoms with Gasteiger partial charge in [-0.3, -0.25) is 4.79 Å². The van der Waals surface area contributed by atoms with Crippen molar-refractivity contribution in [3.8, 4) is 0 Å². The molecule has 3 aromatic rings. The van der Waals surface area contributed by atoms with Crippen LogP contribution in [0.2, 0.25) is 0 Å². The Morgan fingerprint density at radius 2 is 2.00 bits per heavy atom. The minimum Gasteiger partial charge on any atom is -0.381 e. The van der Waals surface area contributed by atoms with Crippen LogP contribution in [0.5, 0.6) is 0 Å². The molecule has 28 heavy (non-hydrogen) atoms. The Morgan fingerprint density at radius 3 is 2.75 bits per heavy atom. The number of hydrogen-bond donors (Lipinski definition) is 2. The summed E-state index contributed by atoms with van der Waals surface area (Å²) < 4.78 is 7.36. The van der Waals surface area contributed by atoms with Crippen LogP contribution in [-0.2, 0) is 17.8 Å². The van der Waals surface area contributed by atoms with Crippen LogP contribution < -0.4 is 10.6 Å². The second-order valence-electron chi connectivity index (χ2n) is 6.94. The van der Waals surface area contributed by atoms with Gasteiger partial charge >= 0.3 is 0 Å². The van der Waals surface area contributed by atoms with Crippen LogP contribution in [0.3, 0.4) is 0 Å². The first-order valence-corrected chi connectivity index (χ1v) is 9.77. The molecule has 4 rings (SSSR count). The number of pyridine rings is 1. The minimum absolute atomic E-state index is 0.0954. The zero-order valence-electron chi connectivity index (χ0n) is 16.0. The Balaban J connectivity index is 1.60. The van der Waals surface area contributed by atoms with Gasteiger partial charge in [0, 0.05) is 49.7 Å². The average Bonchev–Trinajstić information content (AvgIpc) is 3.18. The number of amides is 1. The lowest BCUT2D eigenvalue weighted by Crippen LogP contribution is -2.29. The summed E-state index contributed by atoms with van der Waals surface area (Å²) in [6.07, 6.45) is 5.61. The van der Waals surface area contributed by atoms with E-state index < -0.39 is 0 Å². The van der Waals surface area contributed by atoms with Crippen molar-refractivity contribution in [1.82, 2.24) is 20.1 Å². The summed E-state index contributed by atoms with van der Waals surface area (Å²) in [5.74, 6) is -0.0954. The quantitative estimate of drug-likeness (QED) is 0.688. The second-order valence-corrected chi connectivity index (χ2v) is 6.94. The lowest BCUT2D eigenvalue weighted by atomic mass is 10.1. The van der Waals surface area contributed by atoms with Crippen molar-refractivity contribution in [2.75, 3.05) is 18.5 Å². The molecule has 1 amide bonds. The lowest BCUT2D eigenvalue weighted by molar-refractivity contribution is 0.0904. The molecule has 0 aliphatic carbocycles. The molecule has 7 heteroatoms. The van der Waals surface area contributed by atoms with E-state index in [4.69, 9.17) is 4.74 Å². The van der Waals surface area contributed by atoms with Crippen molar-refractivity contribution in [3.05, 3.63) is 53.9 Å². The summed E-state index contributed by atoms with van der Waals surface area (Å²) in [5.41, 5.74) is 3.47. The van der Waals surface area contributed by atoms with Gasteiger partial charge in [0.1, 0.15) is 0 Å². The number of ether oxygens (including phenoxy) is 1. The number of benzene rings is 1. The number of carbonyl (C=O) groups excluding carboxylic acids is 1. The Kier molecular flexibility index (Phi) is 5.53. The Hall–Kier alpha value is -2.93. The Morgan fingerprint density at radius 1 is 1.21 bits per heavy atom. The molecule has 0 spiro atoms. The second kappa shape index (κ2) is 8.39. The van der Waals surface area contributed by atoms with Gasteiger partial charge in [-0.2, -0.15) is 5.10 Å². The number of nitrogens with zero attached hydrogens (tertiary/aromatic N) is 3. The number of hydrogen-bond acceptors (Lipinski definition) is 5. The highest BCUT2D eigenvalue weighted by Crippen LogP contribution is 2.28. The van der Waals surface area contributed by atoms with Crippen molar-refractivity contribution in [1.29, 1.82) is 0 Å². The predicted octanol–water partition coefficient (Wildman–Crippen LogP) is 2.97. The summed E-state index contributed by atoms with van der Waals surface area (Å²) in [5, 5.41) is 12.1. The number of rotatable bonds is 6. The first-order chi connectivity index (χ1) is 13.8. The molecule has 1 aliphatic rings. The molecule has 2 aromatic heterocycles. The van der Waals surface area contributed by atoms with E-state index in [1.165, 1.54) is 0 Å². The van der Waals surface area contributed by atoms with Crippen LogP contribution in [0.4, 0.5) is 5.69 Å². The fourth-order valence-corrected chi connectivity index (χ4v) is 3.52. The van der Waals surface area contributed by atoms with E-state index >= 15 is 0 Å². The van der Waals surface area contributed by atoms with E-state index in [-0.39, 0.29) is 5.91 Å². The van der Waals surface area contributed by atoms with E-state index in [2.05, 4.69) is 20.7 Å². The van der Waals surface area contributed by atoms with Gasteiger partial charge in [-0.1, -0.05) is 18.2 Å². The number of fused-ring (bicyclic) bond motifs is 1. The highest BCUT2D eigenvalue weighted by Gasteiger charge is 2.19. The van der Waals surface area contributed by atoms with Gasteiger partial charge in [-0.15, -0.1) is 0 Å². The summed E-state index contributed by atoms with van der Waals surface area (Å²) in [7, 11) is 0. The van der Waals surface area contributed by atoms with Crippen LogP contribution >= 0.6 is 0 Å². The molecule has 0 unspecified atom stereocenters. The first-order valence-electron chi connectivity index (χ1n) is 9.77. The van der Waals surface area contributed by atoms with E-state index in [0.29, 0.717) is 18.2 Å². The van der Waals surface area contributed by atoms with Gasteiger partial charge in [0.05, 0.1) is 17.3 Å². The maximum Gasteiger partial charge on any atom is 0.251 e. The standard InChI is InChI=1S/C21H25N5O2/c1-2-26-20-18(14-24-26)19(25-17-8-10-28-11-9-17)16(12-22-20)13-23-21(27)15-6-4-3-5-7-15/h3-7,12,14,17H,2,8-11,13H2,1H3,(H,22,25)(H,23,27). The Bertz CT molecular complexity index is 948. The van der Waals surface area contributed by atoms with Gasteiger partial charge in [-0.25, -0.2) is 9.67 Å². The smallest absolute Gasteiger partial charge is 0.251 e. The van der Waals surface area contributed by atoms with Gasteiger partial charge < -0.3 is 15.4 Å². The van der Waals surface area contributed by atoms with E-state index in [1.807, 2.05) is 54.3 Å². The SMILES string of the molecule is CCn1ncc2c(NC3CCOCC3)c(CNC(=O)c3ccccc3)cnc21. The molecule has 0 bridgehead atoms. The third-order valence-electron chi connectivity index (χ3n) is 5.09. The van der Waals surface area contributed by atoms with Crippen molar-refractivity contribution < 1.29 is 9.53 Å². The summed E-state index contributed by atoms with van der Waals surface area (Å²) in [6, 6.07) is 9.58. The molecular weight excluding hydrogens is 354 g/mol. The molecule has 0 saturated carbocycles. The summed E-state index contributed by atoms with van der Waals surface area (Å²) in [4.78, 5) is 17.0. The highest BCUT2D eigenvalue weighted by atomic mass is 16.5. The van der Waals surface area contributed by atoms with Crippen molar-refractivity contribution in [2.45, 2.75) is 38.9 Å². The molecule has 3 heterocycles. The van der Waals surface area contributed by atoms with E-state index in [1.54, 1.807) is 0 Å². The van der Waals surface area contributed by atoms with E-state index in [0.717, 1.165) is 54.9 Å². The molecule has 1 aliphatic heterocycles. The van der Waals surface area contributed by atoms with Crippen molar-refractivity contribution in [3.63, 3.8) is 0 Å². The number of anilines is 1. The fourth-order valence-electron chi connectivity index (χ4n) is 3.52. The fraction of sp³-hybridized carbons (Fsp3) is 0.381. The summed E-state index contributed by atoms with van der Waals surface area (Å²) in [6.45, 7) is 4.74. The molecule has 1 saturated heterocycles. The van der Waals surface area contributed by atoms with Crippen molar-refractivity contribution in [2.24, 2.45) is 0 Å². The third kappa shape index (κ3) is 3.84. The maximum atomic E-state index is 12.4. The molecule has 7 nitrogen and oxygen atoms in total. The van der Waals surface area contributed by atoms with Gasteiger partial charge in [0.2, 0.25) is 0 Å². The topological polar surface area (TPSA) is 81.1 Å². The normalized spacial score (nSPS) is 14.9. The highest BCUT2D eigenvalue weighted by molar-refractivity contribution is 5.95. The van der Waals surface area contributed by atoms with Crippen LogP contribution in [0.1, 0.15) is 35.7 Å². The van der Waals surface area contributed by atoms with Crippen LogP contribution in [0.15, 0.2) is 42.7 Å². The van der Waals surface area contributed by atoms with Crippen LogP contribution in [0, 0.1) is 0 Å². The monoisotopic (exact) mass is 379 g/mol. The number of nitrogens with one attached hydrogen (secondary N) is 2. The summed E-state index contributed by atoms with van der Waals surface area (Å²) >= 11 is 0. The van der Waals surface area contributed by atoms with Gasteiger partial charge in [0.15, 0.2) is 5.65 Å². The molecular formula is C21H25N5O2. The molecule has 1 fully saturated rings. The number of aryl methyl sites for hydroxylation is 1. The van der Waals surface area contributed by atoms with Crippen LogP contribution in [-0.4, -0.2) is 39.9 Å². The van der Waals surface area contributed by atoms with Crippen LogP contribution in [0.25, 0.3) is 11.0 Å². The van der Waals surface area contributed by atoms with Gasteiger partial charge in [-0.05, 0) is 31.9 Å². The molecule has 1 aromatic carbocycles. The maximum absolute atomic E-state index is 12.4. The molecule has 146 valence electrons. The minimum atomic E-state index is -0.0954. The zero-order chi connectivity index (χ0) is 19.3. The third-order valence-corrected chi connectivity index (χ3v) is 5.09. The van der Waals surface area contributed by atoms with Crippen molar-refractivity contribution >= 4 is 22.6 Å².